The molecule has 0 amide bonds. The van der Waals surface area contributed by atoms with Crippen molar-refractivity contribution in [1.29, 1.82) is 0 Å². The third-order valence-corrected chi connectivity index (χ3v) is 3.28. The summed E-state index contributed by atoms with van der Waals surface area (Å²) in [5.74, 6) is 1.63. The molecular weight excluding hydrogens is 198 g/mol. The van der Waals surface area contributed by atoms with Gasteiger partial charge in [-0.3, -0.25) is 0 Å². The quantitative estimate of drug-likeness (QED) is 0.561. The van der Waals surface area contributed by atoms with Crippen LogP contribution in [0.25, 0.3) is 0 Å². The molecule has 1 fully saturated rings. The number of nitrogens with zero attached hydrogens (tertiary/aromatic N) is 1. The van der Waals surface area contributed by atoms with Crippen LogP contribution in [0.2, 0.25) is 0 Å². The molecule has 0 N–H and O–H groups in total. The summed E-state index contributed by atoms with van der Waals surface area (Å²) >= 11 is 0. The lowest BCUT2D eigenvalue weighted by atomic mass is 10.0. The molecule has 0 aromatic heterocycles. The normalized spacial score (nSPS) is 18.0. The number of likely N-dealkylation sites (tertiary alicyclic amines) is 1. The molecule has 1 aliphatic rings. The number of hydrogen-bond acceptors (Lipinski definition) is 2. The van der Waals surface area contributed by atoms with Gasteiger partial charge in [-0.05, 0) is 31.7 Å². The predicted octanol–water partition coefficient (Wildman–Crippen LogP) is 3.17. The van der Waals surface area contributed by atoms with Crippen molar-refractivity contribution in [2.75, 3.05) is 32.8 Å². The number of ether oxygens (including phenoxy) is 1. The highest BCUT2D eigenvalue weighted by Gasteiger charge is 2.25. The van der Waals surface area contributed by atoms with E-state index in [9.17, 15) is 0 Å². The maximum absolute atomic E-state index is 5.71. The van der Waals surface area contributed by atoms with Gasteiger partial charge in [0.2, 0.25) is 0 Å². The van der Waals surface area contributed by atoms with E-state index in [2.05, 4.69) is 25.7 Å². The molecule has 0 aromatic rings. The van der Waals surface area contributed by atoms with Crippen LogP contribution in [0.3, 0.4) is 0 Å². The molecule has 1 aliphatic heterocycles. The fourth-order valence-electron chi connectivity index (χ4n) is 2.19. The summed E-state index contributed by atoms with van der Waals surface area (Å²) < 4.78 is 5.71. The number of rotatable bonds is 9. The van der Waals surface area contributed by atoms with Gasteiger partial charge in [0.15, 0.2) is 0 Å². The van der Waals surface area contributed by atoms with Gasteiger partial charge in [0, 0.05) is 25.6 Å². The Hall–Kier alpha value is -0.0800. The van der Waals surface area contributed by atoms with Crippen LogP contribution in [-0.4, -0.2) is 37.7 Å². The average molecular weight is 227 g/mol. The Bertz CT molecular complexity index is 164. The van der Waals surface area contributed by atoms with Crippen LogP contribution in [0, 0.1) is 11.8 Å². The molecule has 0 bridgehead atoms. The molecule has 0 saturated carbocycles. The maximum atomic E-state index is 5.71. The third kappa shape index (κ3) is 5.86. The smallest absolute Gasteiger partial charge is 0.0518 e. The Morgan fingerprint density at radius 3 is 2.62 bits per heavy atom. The molecule has 96 valence electrons. The predicted molar refractivity (Wildman–Crippen MR) is 69.7 cm³/mol. The Morgan fingerprint density at radius 1 is 1.25 bits per heavy atom. The summed E-state index contributed by atoms with van der Waals surface area (Å²) in [6.45, 7) is 12.6. The highest BCUT2D eigenvalue weighted by atomic mass is 16.5. The molecule has 1 saturated heterocycles. The second-order valence-corrected chi connectivity index (χ2v) is 5.59. The summed E-state index contributed by atoms with van der Waals surface area (Å²) in [6.07, 6.45) is 5.19. The van der Waals surface area contributed by atoms with Gasteiger partial charge in [-0.15, -0.1) is 0 Å². The van der Waals surface area contributed by atoms with Gasteiger partial charge >= 0.3 is 0 Å². The van der Waals surface area contributed by atoms with Crippen molar-refractivity contribution in [2.45, 2.75) is 46.5 Å². The molecular formula is C14H29NO. The summed E-state index contributed by atoms with van der Waals surface area (Å²) in [7, 11) is 0. The Labute approximate surface area is 101 Å². The zero-order chi connectivity index (χ0) is 11.8. The van der Waals surface area contributed by atoms with Crippen molar-refractivity contribution >= 4 is 0 Å². The summed E-state index contributed by atoms with van der Waals surface area (Å²) in [5, 5.41) is 0. The van der Waals surface area contributed by atoms with Crippen molar-refractivity contribution < 1.29 is 4.74 Å². The zero-order valence-electron chi connectivity index (χ0n) is 11.4. The first-order valence-electron chi connectivity index (χ1n) is 7.02. The second kappa shape index (κ2) is 8.08. The second-order valence-electron chi connectivity index (χ2n) is 5.59. The van der Waals surface area contributed by atoms with E-state index < -0.39 is 0 Å². The van der Waals surface area contributed by atoms with Crippen molar-refractivity contribution in [3.8, 4) is 0 Å². The van der Waals surface area contributed by atoms with Crippen LogP contribution in [-0.2, 0) is 4.74 Å². The first-order valence-corrected chi connectivity index (χ1v) is 7.02. The minimum Gasteiger partial charge on any atom is -0.381 e. The first-order chi connectivity index (χ1) is 7.72. The molecule has 2 nitrogen and oxygen atoms in total. The number of hydrogen-bond donors (Lipinski definition) is 0. The molecule has 0 aliphatic carbocycles. The highest BCUT2D eigenvalue weighted by molar-refractivity contribution is 4.79. The summed E-state index contributed by atoms with van der Waals surface area (Å²) in [6, 6.07) is 0. The lowest BCUT2D eigenvalue weighted by molar-refractivity contribution is 0.0127. The van der Waals surface area contributed by atoms with Gasteiger partial charge in [-0.25, -0.2) is 0 Å². The van der Waals surface area contributed by atoms with Crippen molar-refractivity contribution in [3.63, 3.8) is 0 Å². The van der Waals surface area contributed by atoms with Gasteiger partial charge in [-0.2, -0.15) is 0 Å². The highest BCUT2D eigenvalue weighted by Crippen LogP contribution is 2.16. The van der Waals surface area contributed by atoms with Gasteiger partial charge in [0.25, 0.3) is 0 Å². The SMILES string of the molecule is CCCCN1CC(COCCCC(C)C)C1. The van der Waals surface area contributed by atoms with E-state index >= 15 is 0 Å². The third-order valence-electron chi connectivity index (χ3n) is 3.28. The molecule has 2 heteroatoms. The van der Waals surface area contributed by atoms with E-state index in [0.717, 1.165) is 25.0 Å². The van der Waals surface area contributed by atoms with Crippen LogP contribution in [0.4, 0.5) is 0 Å². The van der Waals surface area contributed by atoms with Gasteiger partial charge in [0.1, 0.15) is 0 Å². The van der Waals surface area contributed by atoms with Gasteiger partial charge < -0.3 is 9.64 Å². The molecule has 1 heterocycles. The molecule has 0 unspecified atom stereocenters. The topological polar surface area (TPSA) is 12.5 Å². The van der Waals surface area contributed by atoms with Gasteiger partial charge in [0.05, 0.1) is 6.61 Å². The van der Waals surface area contributed by atoms with E-state index in [1.54, 1.807) is 0 Å². The van der Waals surface area contributed by atoms with Crippen molar-refractivity contribution in [2.24, 2.45) is 11.8 Å². The lowest BCUT2D eigenvalue weighted by Crippen LogP contribution is -2.48. The molecule has 1 rings (SSSR count). The van der Waals surface area contributed by atoms with Crippen LogP contribution in [0.15, 0.2) is 0 Å². The van der Waals surface area contributed by atoms with E-state index in [0.29, 0.717) is 0 Å². The van der Waals surface area contributed by atoms with Gasteiger partial charge in [-0.1, -0.05) is 27.2 Å². The molecule has 0 spiro atoms. The summed E-state index contributed by atoms with van der Waals surface area (Å²) in [5.41, 5.74) is 0. The van der Waals surface area contributed by atoms with E-state index in [-0.39, 0.29) is 0 Å². The van der Waals surface area contributed by atoms with E-state index in [1.807, 2.05) is 0 Å². The molecule has 16 heavy (non-hydrogen) atoms. The fourth-order valence-corrected chi connectivity index (χ4v) is 2.19. The van der Waals surface area contributed by atoms with Crippen LogP contribution < -0.4 is 0 Å². The van der Waals surface area contributed by atoms with E-state index in [1.165, 1.54) is 45.3 Å². The number of unbranched alkanes of at least 4 members (excludes halogenated alkanes) is 1. The first kappa shape index (κ1) is 14.0. The van der Waals surface area contributed by atoms with Crippen LogP contribution in [0.5, 0.6) is 0 Å². The van der Waals surface area contributed by atoms with Crippen LogP contribution in [0.1, 0.15) is 46.5 Å². The minimum absolute atomic E-state index is 0.816. The summed E-state index contributed by atoms with van der Waals surface area (Å²) in [4.78, 5) is 2.55. The molecule has 0 atom stereocenters. The maximum Gasteiger partial charge on any atom is 0.0518 e. The molecule has 0 aromatic carbocycles. The Morgan fingerprint density at radius 2 is 2.00 bits per heavy atom. The Balaban J connectivity index is 1.82. The lowest BCUT2D eigenvalue weighted by Gasteiger charge is -2.39. The Kier molecular flexibility index (Phi) is 7.06. The molecule has 0 radical (unpaired) electrons. The fraction of sp³-hybridized carbons (Fsp3) is 1.00. The van der Waals surface area contributed by atoms with Crippen molar-refractivity contribution in [3.05, 3.63) is 0 Å². The van der Waals surface area contributed by atoms with Crippen LogP contribution >= 0.6 is 0 Å². The monoisotopic (exact) mass is 227 g/mol. The standard InChI is InChI=1S/C14H29NO/c1-4-5-8-15-10-14(11-15)12-16-9-6-7-13(2)3/h13-14H,4-12H2,1-3H3. The van der Waals surface area contributed by atoms with E-state index in [4.69, 9.17) is 4.74 Å². The average Bonchev–Trinajstić information content (AvgIpc) is 2.18. The van der Waals surface area contributed by atoms with Crippen molar-refractivity contribution in [1.82, 2.24) is 4.90 Å². The zero-order valence-corrected chi connectivity index (χ0v) is 11.4. The minimum atomic E-state index is 0.816. The largest absolute Gasteiger partial charge is 0.381 e.